The van der Waals surface area contributed by atoms with Crippen LogP contribution in [0.2, 0.25) is 0 Å². The zero-order chi connectivity index (χ0) is 21.1. The highest BCUT2D eigenvalue weighted by molar-refractivity contribution is 5.88. The quantitative estimate of drug-likeness (QED) is 0.484. The van der Waals surface area contributed by atoms with Crippen molar-refractivity contribution >= 4 is 11.7 Å². The fraction of sp³-hybridized carbons (Fsp3) is 0.227. The number of carbonyl (C=O) groups is 1. The van der Waals surface area contributed by atoms with Gasteiger partial charge in [-0.05, 0) is 18.2 Å². The smallest absolute Gasteiger partial charge is 0.335 e. The third kappa shape index (κ3) is 4.24. The first-order valence-corrected chi connectivity index (χ1v) is 9.52. The molecule has 0 amide bonds. The van der Waals surface area contributed by atoms with E-state index < -0.39 is 10.9 Å². The van der Waals surface area contributed by atoms with Crippen molar-refractivity contribution in [2.45, 2.75) is 6.54 Å². The third-order valence-electron chi connectivity index (χ3n) is 5.04. The van der Waals surface area contributed by atoms with Gasteiger partial charge in [-0.15, -0.1) is 0 Å². The van der Waals surface area contributed by atoms with Gasteiger partial charge in [-0.1, -0.05) is 24.3 Å². The maximum atomic E-state index is 11.2. The summed E-state index contributed by atoms with van der Waals surface area (Å²) in [6, 6.07) is 14.7. The van der Waals surface area contributed by atoms with Crippen molar-refractivity contribution in [1.82, 2.24) is 4.90 Å². The maximum Gasteiger partial charge on any atom is 0.335 e. The molecule has 1 fully saturated rings. The summed E-state index contributed by atoms with van der Waals surface area (Å²) >= 11 is 0. The Bertz CT molecular complexity index is 1070. The Hall–Kier alpha value is -3.49. The lowest BCUT2D eigenvalue weighted by Crippen LogP contribution is -2.35. The molecule has 1 aliphatic rings. The van der Waals surface area contributed by atoms with Crippen LogP contribution >= 0.6 is 0 Å². The van der Waals surface area contributed by atoms with Crippen molar-refractivity contribution in [3.05, 3.63) is 75.8 Å². The van der Waals surface area contributed by atoms with Crippen molar-refractivity contribution in [2.24, 2.45) is 0 Å². The van der Waals surface area contributed by atoms with Gasteiger partial charge in [0, 0.05) is 48.5 Å². The highest BCUT2D eigenvalue weighted by atomic mass is 16.6. The number of rotatable bonds is 6. The minimum atomic E-state index is -0.994. The predicted molar refractivity (Wildman–Crippen MR) is 109 cm³/mol. The lowest BCUT2D eigenvalue weighted by Gasteiger charge is -2.26. The molecule has 8 nitrogen and oxygen atoms in total. The van der Waals surface area contributed by atoms with E-state index in [1.165, 1.54) is 24.3 Å². The molecule has 8 heteroatoms. The molecule has 0 atom stereocenters. The average Bonchev–Trinajstić information content (AvgIpc) is 3.18. The Labute approximate surface area is 172 Å². The maximum absolute atomic E-state index is 11.2. The lowest BCUT2D eigenvalue weighted by molar-refractivity contribution is -0.384. The molecule has 2 aromatic carbocycles. The number of furan rings is 1. The number of nitrogens with zero attached hydrogens (tertiary/aromatic N) is 2. The average molecular weight is 408 g/mol. The van der Waals surface area contributed by atoms with Gasteiger partial charge in [-0.2, -0.15) is 0 Å². The van der Waals surface area contributed by atoms with Crippen LogP contribution in [-0.4, -0.2) is 47.2 Å². The zero-order valence-corrected chi connectivity index (χ0v) is 16.1. The number of carboxylic acids is 1. The number of hydrogen-bond donors (Lipinski definition) is 1. The number of morpholine rings is 1. The van der Waals surface area contributed by atoms with Gasteiger partial charge in [0.15, 0.2) is 0 Å². The molecule has 0 radical (unpaired) electrons. The molecule has 1 aliphatic heterocycles. The van der Waals surface area contributed by atoms with Crippen LogP contribution in [0.1, 0.15) is 15.9 Å². The second-order valence-corrected chi connectivity index (χ2v) is 7.04. The summed E-state index contributed by atoms with van der Waals surface area (Å²) in [7, 11) is 0. The van der Waals surface area contributed by atoms with E-state index in [1.54, 1.807) is 24.3 Å². The van der Waals surface area contributed by atoms with Gasteiger partial charge >= 0.3 is 5.97 Å². The summed E-state index contributed by atoms with van der Waals surface area (Å²) in [5, 5.41) is 20.3. The molecule has 2 heterocycles. The highest BCUT2D eigenvalue weighted by Crippen LogP contribution is 2.35. The Balaban J connectivity index is 1.73. The van der Waals surface area contributed by atoms with E-state index in [2.05, 4.69) is 4.90 Å². The molecule has 4 rings (SSSR count). The predicted octanol–water partition coefficient (Wildman–Crippen LogP) is 4.05. The van der Waals surface area contributed by atoms with Crippen molar-refractivity contribution in [1.29, 1.82) is 0 Å². The third-order valence-corrected chi connectivity index (χ3v) is 5.04. The lowest BCUT2D eigenvalue weighted by atomic mass is 10.1. The Kier molecular flexibility index (Phi) is 5.60. The van der Waals surface area contributed by atoms with E-state index in [4.69, 9.17) is 14.3 Å². The molecule has 154 valence electrons. The van der Waals surface area contributed by atoms with Crippen molar-refractivity contribution in [3.63, 3.8) is 0 Å². The van der Waals surface area contributed by atoms with Crippen LogP contribution in [0.3, 0.4) is 0 Å². The van der Waals surface area contributed by atoms with Gasteiger partial charge in [-0.25, -0.2) is 4.79 Å². The minimum absolute atomic E-state index is 0.00834. The molecule has 0 spiro atoms. The molecule has 0 saturated carbocycles. The zero-order valence-electron chi connectivity index (χ0n) is 16.1. The second-order valence-electron chi connectivity index (χ2n) is 7.04. The van der Waals surface area contributed by atoms with E-state index >= 15 is 0 Å². The second kappa shape index (κ2) is 8.48. The standard InChI is InChI=1S/C22H20N2O6/c25-22(26)16-6-4-15(5-7-16)21-18(14-23-8-10-29-11-9-23)13-20(30-21)17-2-1-3-19(12-17)24(27)28/h1-7,12-13H,8-11,14H2,(H,25,26). The number of nitro benzene ring substituents is 1. The number of aromatic carboxylic acids is 1. The first kappa shape index (κ1) is 19.8. The number of carboxylic acid groups (broad SMARTS) is 1. The van der Waals surface area contributed by atoms with Crippen molar-refractivity contribution < 1.29 is 24.0 Å². The van der Waals surface area contributed by atoms with Crippen LogP contribution in [0.4, 0.5) is 5.69 Å². The summed E-state index contributed by atoms with van der Waals surface area (Å²) in [6.45, 7) is 3.57. The monoisotopic (exact) mass is 408 g/mol. The molecule has 1 aromatic heterocycles. The number of ether oxygens (including phenoxy) is 1. The summed E-state index contributed by atoms with van der Waals surface area (Å²) < 4.78 is 11.5. The first-order valence-electron chi connectivity index (χ1n) is 9.52. The molecule has 0 aliphatic carbocycles. The van der Waals surface area contributed by atoms with E-state index in [9.17, 15) is 14.9 Å². The summed E-state index contributed by atoms with van der Waals surface area (Å²) in [5.74, 6) is 0.158. The van der Waals surface area contributed by atoms with Crippen LogP contribution in [-0.2, 0) is 11.3 Å². The fourth-order valence-corrected chi connectivity index (χ4v) is 3.47. The van der Waals surface area contributed by atoms with Crippen LogP contribution in [0, 0.1) is 10.1 Å². The topological polar surface area (TPSA) is 106 Å². The largest absolute Gasteiger partial charge is 0.478 e. The summed E-state index contributed by atoms with van der Waals surface area (Å²) in [6.07, 6.45) is 0. The van der Waals surface area contributed by atoms with E-state index in [0.29, 0.717) is 36.8 Å². The Morgan fingerprint density at radius 3 is 2.47 bits per heavy atom. The molecular weight excluding hydrogens is 388 g/mol. The Morgan fingerprint density at radius 2 is 1.80 bits per heavy atom. The molecule has 0 unspecified atom stereocenters. The van der Waals surface area contributed by atoms with Gasteiger partial charge in [0.05, 0.1) is 23.7 Å². The van der Waals surface area contributed by atoms with Gasteiger partial charge in [0.2, 0.25) is 0 Å². The number of hydrogen-bond acceptors (Lipinski definition) is 6. The summed E-state index contributed by atoms with van der Waals surface area (Å²) in [4.78, 5) is 24.1. The van der Waals surface area contributed by atoms with E-state index in [-0.39, 0.29) is 11.3 Å². The van der Waals surface area contributed by atoms with Crippen LogP contribution in [0.15, 0.2) is 59.0 Å². The number of benzene rings is 2. The van der Waals surface area contributed by atoms with E-state index in [1.807, 2.05) is 6.07 Å². The van der Waals surface area contributed by atoms with Crippen LogP contribution in [0.5, 0.6) is 0 Å². The molecule has 1 N–H and O–H groups in total. The number of non-ortho nitro benzene ring substituents is 1. The van der Waals surface area contributed by atoms with Crippen molar-refractivity contribution in [3.8, 4) is 22.6 Å². The molecule has 0 bridgehead atoms. The molecule has 30 heavy (non-hydrogen) atoms. The van der Waals surface area contributed by atoms with Gasteiger partial charge in [-0.3, -0.25) is 15.0 Å². The summed E-state index contributed by atoms with van der Waals surface area (Å²) in [5.41, 5.74) is 2.48. The minimum Gasteiger partial charge on any atom is -0.478 e. The SMILES string of the molecule is O=C(O)c1ccc(-c2oc(-c3cccc([N+](=O)[O-])c3)cc2CN2CCOCC2)cc1. The molecule has 1 saturated heterocycles. The fourth-order valence-electron chi connectivity index (χ4n) is 3.47. The number of nitro groups is 1. The van der Waals surface area contributed by atoms with Crippen LogP contribution in [0.25, 0.3) is 22.6 Å². The van der Waals surface area contributed by atoms with Gasteiger partial charge in [0.1, 0.15) is 11.5 Å². The van der Waals surface area contributed by atoms with Gasteiger partial charge < -0.3 is 14.3 Å². The normalized spacial score (nSPS) is 14.5. The first-order chi connectivity index (χ1) is 14.5. The van der Waals surface area contributed by atoms with Crippen molar-refractivity contribution in [2.75, 3.05) is 26.3 Å². The highest BCUT2D eigenvalue weighted by Gasteiger charge is 2.20. The molecule has 3 aromatic rings. The van der Waals surface area contributed by atoms with Gasteiger partial charge in [0.25, 0.3) is 5.69 Å². The van der Waals surface area contributed by atoms with Crippen LogP contribution < -0.4 is 0 Å². The Morgan fingerprint density at radius 1 is 1.07 bits per heavy atom. The molecular formula is C22H20N2O6. The van der Waals surface area contributed by atoms with E-state index in [0.717, 1.165) is 24.2 Å².